The number of rotatable bonds is 3. The van der Waals surface area contributed by atoms with E-state index in [1.165, 1.54) is 25.9 Å². The molecule has 82 valence electrons. The van der Waals surface area contributed by atoms with Crippen LogP contribution in [-0.2, 0) is 0 Å². The van der Waals surface area contributed by atoms with Gasteiger partial charge in [0.05, 0.1) is 0 Å². The Morgan fingerprint density at radius 3 is 2.36 bits per heavy atom. The van der Waals surface area contributed by atoms with Gasteiger partial charge in [-0.15, -0.1) is 0 Å². The number of hydrogen-bond donors (Lipinski definition) is 2. The molecule has 1 atom stereocenters. The third-order valence-corrected chi connectivity index (χ3v) is 3.19. The van der Waals surface area contributed by atoms with Gasteiger partial charge in [0.1, 0.15) is 6.23 Å². The van der Waals surface area contributed by atoms with Crippen molar-refractivity contribution in [3.05, 3.63) is 0 Å². The lowest BCUT2D eigenvalue weighted by Gasteiger charge is -2.33. The maximum Gasteiger partial charge on any atom is 0.120 e. The molecule has 0 aromatic heterocycles. The summed E-state index contributed by atoms with van der Waals surface area (Å²) in [6.45, 7) is 7.16. The van der Waals surface area contributed by atoms with Crippen molar-refractivity contribution in [1.82, 2.24) is 15.1 Å². The molecule has 2 saturated heterocycles. The molecule has 2 heterocycles. The molecule has 2 aliphatic rings. The molecule has 0 bridgehead atoms. The first-order valence-electron chi connectivity index (χ1n) is 5.71. The number of aliphatic hydroxyl groups is 1. The Hall–Kier alpha value is -0.160. The van der Waals surface area contributed by atoms with Crippen molar-refractivity contribution in [2.45, 2.75) is 19.1 Å². The van der Waals surface area contributed by atoms with E-state index in [2.05, 4.69) is 15.1 Å². The first kappa shape index (κ1) is 10.4. The van der Waals surface area contributed by atoms with Crippen molar-refractivity contribution in [2.75, 3.05) is 45.8 Å². The highest BCUT2D eigenvalue weighted by atomic mass is 16.3. The van der Waals surface area contributed by atoms with Crippen molar-refractivity contribution in [2.24, 2.45) is 0 Å². The van der Waals surface area contributed by atoms with Gasteiger partial charge in [-0.3, -0.25) is 9.80 Å². The number of nitrogens with zero attached hydrogens (tertiary/aromatic N) is 2. The SMILES string of the molecule is OC(CN1CCCC1)N1CCNCC1. The fourth-order valence-electron chi connectivity index (χ4n) is 2.29. The molecule has 2 rings (SSSR count). The number of hydrogen-bond acceptors (Lipinski definition) is 4. The van der Waals surface area contributed by atoms with Gasteiger partial charge in [-0.2, -0.15) is 0 Å². The van der Waals surface area contributed by atoms with E-state index in [0.717, 1.165) is 32.7 Å². The van der Waals surface area contributed by atoms with Gasteiger partial charge < -0.3 is 10.4 Å². The van der Waals surface area contributed by atoms with Crippen LogP contribution in [-0.4, -0.2) is 66.9 Å². The van der Waals surface area contributed by atoms with E-state index in [-0.39, 0.29) is 6.23 Å². The van der Waals surface area contributed by atoms with Crippen LogP contribution in [0.2, 0.25) is 0 Å². The monoisotopic (exact) mass is 199 g/mol. The Kier molecular flexibility index (Phi) is 3.75. The number of piperazine rings is 1. The summed E-state index contributed by atoms with van der Waals surface area (Å²) in [4.78, 5) is 4.54. The molecule has 0 saturated carbocycles. The molecule has 0 spiro atoms. The Morgan fingerprint density at radius 1 is 1.07 bits per heavy atom. The zero-order valence-electron chi connectivity index (χ0n) is 8.78. The largest absolute Gasteiger partial charge is 0.377 e. The summed E-state index contributed by atoms with van der Waals surface area (Å²) >= 11 is 0. The van der Waals surface area contributed by atoms with Crippen LogP contribution < -0.4 is 5.32 Å². The van der Waals surface area contributed by atoms with E-state index < -0.39 is 0 Å². The van der Waals surface area contributed by atoms with E-state index in [0.29, 0.717) is 0 Å². The molecule has 4 heteroatoms. The molecule has 2 N–H and O–H groups in total. The van der Waals surface area contributed by atoms with Gasteiger partial charge in [0.25, 0.3) is 0 Å². The summed E-state index contributed by atoms with van der Waals surface area (Å²) in [6, 6.07) is 0. The number of nitrogens with one attached hydrogen (secondary N) is 1. The van der Waals surface area contributed by atoms with Crippen LogP contribution in [0, 0.1) is 0 Å². The molecule has 0 aromatic rings. The highest BCUT2D eigenvalue weighted by molar-refractivity contribution is 4.74. The summed E-state index contributed by atoms with van der Waals surface area (Å²) in [7, 11) is 0. The second kappa shape index (κ2) is 5.07. The Labute approximate surface area is 85.9 Å². The summed E-state index contributed by atoms with van der Waals surface area (Å²) in [5.74, 6) is 0. The van der Waals surface area contributed by atoms with Crippen LogP contribution in [0.1, 0.15) is 12.8 Å². The maximum absolute atomic E-state index is 9.99. The summed E-state index contributed by atoms with van der Waals surface area (Å²) in [5.41, 5.74) is 0. The average Bonchev–Trinajstić information content (AvgIpc) is 2.72. The number of β-amino-alcohol motifs (C(OH)–C–C–N with tert-alkyl or cyclic N) is 1. The summed E-state index contributed by atoms with van der Waals surface area (Å²) in [6.07, 6.45) is 2.35. The van der Waals surface area contributed by atoms with Crippen molar-refractivity contribution in [3.8, 4) is 0 Å². The molecule has 2 aliphatic heterocycles. The Balaban J connectivity index is 1.72. The fourth-order valence-corrected chi connectivity index (χ4v) is 2.29. The molecule has 2 fully saturated rings. The topological polar surface area (TPSA) is 38.7 Å². The molecule has 1 unspecified atom stereocenters. The molecule has 0 radical (unpaired) electrons. The minimum absolute atomic E-state index is 0.254. The van der Waals surface area contributed by atoms with Gasteiger partial charge >= 0.3 is 0 Å². The first-order valence-corrected chi connectivity index (χ1v) is 5.71. The van der Waals surface area contributed by atoms with E-state index >= 15 is 0 Å². The zero-order valence-corrected chi connectivity index (χ0v) is 8.78. The van der Waals surface area contributed by atoms with Gasteiger partial charge in [0.15, 0.2) is 0 Å². The molecular formula is C10H21N3O. The smallest absolute Gasteiger partial charge is 0.120 e. The fraction of sp³-hybridized carbons (Fsp3) is 1.00. The molecule has 4 nitrogen and oxygen atoms in total. The summed E-state index contributed by atoms with van der Waals surface area (Å²) in [5, 5.41) is 13.3. The lowest BCUT2D eigenvalue weighted by atomic mass is 10.3. The van der Waals surface area contributed by atoms with Crippen molar-refractivity contribution < 1.29 is 5.11 Å². The molecular weight excluding hydrogens is 178 g/mol. The van der Waals surface area contributed by atoms with Crippen LogP contribution >= 0.6 is 0 Å². The second-order valence-corrected chi connectivity index (χ2v) is 4.27. The van der Waals surface area contributed by atoms with Crippen molar-refractivity contribution in [1.29, 1.82) is 0 Å². The van der Waals surface area contributed by atoms with Crippen molar-refractivity contribution >= 4 is 0 Å². The number of aliphatic hydroxyl groups excluding tert-OH is 1. The van der Waals surface area contributed by atoms with Crippen LogP contribution in [0.4, 0.5) is 0 Å². The third kappa shape index (κ3) is 2.67. The van der Waals surface area contributed by atoms with E-state index in [9.17, 15) is 5.11 Å². The quantitative estimate of drug-likeness (QED) is 0.631. The van der Waals surface area contributed by atoms with Crippen LogP contribution in [0.3, 0.4) is 0 Å². The normalized spacial score (nSPS) is 28.1. The van der Waals surface area contributed by atoms with Gasteiger partial charge in [-0.25, -0.2) is 0 Å². The van der Waals surface area contributed by atoms with Crippen LogP contribution in [0.25, 0.3) is 0 Å². The van der Waals surface area contributed by atoms with E-state index in [1.807, 2.05) is 0 Å². The number of likely N-dealkylation sites (tertiary alicyclic amines) is 1. The van der Waals surface area contributed by atoms with Crippen molar-refractivity contribution in [3.63, 3.8) is 0 Å². The van der Waals surface area contributed by atoms with Gasteiger partial charge in [0, 0.05) is 32.7 Å². The Bertz CT molecular complexity index is 165. The molecule has 0 amide bonds. The van der Waals surface area contributed by atoms with Crippen LogP contribution in [0.15, 0.2) is 0 Å². The standard InChI is InChI=1S/C10H21N3O/c14-10(9-12-5-1-2-6-12)13-7-3-11-4-8-13/h10-11,14H,1-9H2. The molecule has 0 aliphatic carbocycles. The summed E-state index contributed by atoms with van der Waals surface area (Å²) < 4.78 is 0. The predicted octanol–water partition coefficient (Wildman–Crippen LogP) is -0.694. The van der Waals surface area contributed by atoms with Gasteiger partial charge in [-0.1, -0.05) is 0 Å². The van der Waals surface area contributed by atoms with Gasteiger partial charge in [0.2, 0.25) is 0 Å². The third-order valence-electron chi connectivity index (χ3n) is 3.19. The van der Waals surface area contributed by atoms with Gasteiger partial charge in [-0.05, 0) is 25.9 Å². The first-order chi connectivity index (χ1) is 6.86. The minimum Gasteiger partial charge on any atom is -0.377 e. The maximum atomic E-state index is 9.99. The average molecular weight is 199 g/mol. The molecule has 0 aromatic carbocycles. The Morgan fingerprint density at radius 2 is 1.71 bits per heavy atom. The van der Waals surface area contributed by atoms with E-state index in [1.54, 1.807) is 0 Å². The van der Waals surface area contributed by atoms with Crippen LogP contribution in [0.5, 0.6) is 0 Å². The van der Waals surface area contributed by atoms with E-state index in [4.69, 9.17) is 0 Å². The second-order valence-electron chi connectivity index (χ2n) is 4.27. The zero-order chi connectivity index (χ0) is 9.80. The molecule has 14 heavy (non-hydrogen) atoms. The lowest BCUT2D eigenvalue weighted by molar-refractivity contribution is -0.0229. The highest BCUT2D eigenvalue weighted by Gasteiger charge is 2.21. The lowest BCUT2D eigenvalue weighted by Crippen LogP contribution is -2.51. The highest BCUT2D eigenvalue weighted by Crippen LogP contribution is 2.09. The minimum atomic E-state index is -0.254. The predicted molar refractivity (Wildman–Crippen MR) is 56.1 cm³/mol.